The summed E-state index contributed by atoms with van der Waals surface area (Å²) in [7, 11) is 0. The molecule has 0 aliphatic carbocycles. The van der Waals surface area contributed by atoms with Crippen LogP contribution in [0.1, 0.15) is 28.4 Å². The van der Waals surface area contributed by atoms with E-state index in [1.807, 2.05) is 26.0 Å². The highest BCUT2D eigenvalue weighted by Crippen LogP contribution is 2.31. The first-order valence-electron chi connectivity index (χ1n) is 9.26. The van der Waals surface area contributed by atoms with Crippen molar-refractivity contribution in [2.24, 2.45) is 0 Å². The Balaban J connectivity index is 1.86. The average molecular weight is 428 g/mol. The number of thioether (sulfide) groups is 1. The topological polar surface area (TPSA) is 60.3 Å². The third kappa shape index (κ3) is 5.30. The monoisotopic (exact) mass is 428 g/mol. The second-order valence-corrected chi connectivity index (χ2v) is 8.33. The molecule has 1 atom stereocenters. The number of hydrogen-bond donors (Lipinski definition) is 0. The molecule has 29 heavy (non-hydrogen) atoms. The third-order valence-electron chi connectivity index (χ3n) is 4.64. The van der Waals surface area contributed by atoms with Crippen molar-refractivity contribution in [3.63, 3.8) is 0 Å². The highest BCUT2D eigenvalue weighted by molar-refractivity contribution is 8.00. The van der Waals surface area contributed by atoms with Crippen LogP contribution in [-0.4, -0.2) is 58.3 Å². The number of aryl methyl sites for hydroxylation is 2. The molecule has 1 aliphatic heterocycles. The molecule has 0 radical (unpaired) electrons. The minimum atomic E-state index is -4.43. The van der Waals surface area contributed by atoms with Gasteiger partial charge < -0.3 is 9.64 Å². The van der Waals surface area contributed by atoms with Gasteiger partial charge in [0.1, 0.15) is 6.54 Å². The number of nitrogens with zero attached hydrogens (tertiary/aromatic N) is 4. The molecule has 158 valence electrons. The van der Waals surface area contributed by atoms with E-state index in [1.165, 1.54) is 0 Å². The minimum absolute atomic E-state index is 0.0787. The Hall–Kier alpha value is -2.07. The van der Waals surface area contributed by atoms with Crippen LogP contribution in [0.5, 0.6) is 0 Å². The second-order valence-electron chi connectivity index (χ2n) is 7.03. The van der Waals surface area contributed by atoms with Crippen molar-refractivity contribution in [2.45, 2.75) is 43.9 Å². The Labute approximate surface area is 171 Å². The predicted molar refractivity (Wildman–Crippen MR) is 105 cm³/mol. The Morgan fingerprint density at radius 1 is 1.24 bits per heavy atom. The molecule has 0 saturated carbocycles. The Morgan fingerprint density at radius 3 is 2.59 bits per heavy atom. The zero-order chi connectivity index (χ0) is 21.2. The van der Waals surface area contributed by atoms with E-state index in [-0.39, 0.29) is 16.9 Å². The number of Topliss-reactive ketones (excluding diaryl/α,β-unsaturated/α-hetero) is 1. The first-order chi connectivity index (χ1) is 13.7. The van der Waals surface area contributed by atoms with Crippen LogP contribution < -0.4 is 4.90 Å². The van der Waals surface area contributed by atoms with Crippen molar-refractivity contribution in [3.05, 3.63) is 34.9 Å². The summed E-state index contributed by atoms with van der Waals surface area (Å²) in [6, 6.07) is 5.58. The van der Waals surface area contributed by atoms with Gasteiger partial charge in [0.25, 0.3) is 0 Å². The summed E-state index contributed by atoms with van der Waals surface area (Å²) >= 11 is 0.995. The van der Waals surface area contributed by atoms with E-state index in [2.05, 4.69) is 10.2 Å². The van der Waals surface area contributed by atoms with Gasteiger partial charge in [-0.1, -0.05) is 29.5 Å². The van der Waals surface area contributed by atoms with Gasteiger partial charge in [0.2, 0.25) is 5.95 Å². The maximum absolute atomic E-state index is 13.2. The number of anilines is 1. The van der Waals surface area contributed by atoms with Gasteiger partial charge in [0.05, 0.1) is 18.5 Å². The summed E-state index contributed by atoms with van der Waals surface area (Å²) in [5, 5.41) is 7.44. The van der Waals surface area contributed by atoms with E-state index in [1.54, 1.807) is 17.9 Å². The maximum atomic E-state index is 13.2. The fourth-order valence-corrected chi connectivity index (χ4v) is 4.03. The van der Waals surface area contributed by atoms with Crippen LogP contribution in [-0.2, 0) is 11.3 Å². The van der Waals surface area contributed by atoms with Gasteiger partial charge in [-0.15, -0.1) is 10.2 Å². The summed E-state index contributed by atoms with van der Waals surface area (Å²) in [5.74, 6) is 0.00481. The molecule has 6 nitrogen and oxygen atoms in total. The highest BCUT2D eigenvalue weighted by atomic mass is 32.2. The lowest BCUT2D eigenvalue weighted by atomic mass is 10.0. The van der Waals surface area contributed by atoms with Crippen molar-refractivity contribution in [1.82, 2.24) is 14.8 Å². The van der Waals surface area contributed by atoms with Crippen LogP contribution in [0, 0.1) is 13.8 Å². The summed E-state index contributed by atoms with van der Waals surface area (Å²) in [4.78, 5) is 14.6. The standard InChI is InChI=1S/C19H23F3N4O2S/c1-12-4-5-13(2)15(10-12)16(27)14(3)29-18-24-23-17(25-6-8-28-9-7-25)26(18)11-19(20,21)22/h4-5,10,14H,6-9,11H2,1-3H3. The molecule has 1 aliphatic rings. The number of rotatable bonds is 6. The summed E-state index contributed by atoms with van der Waals surface area (Å²) in [6.07, 6.45) is -4.43. The number of aromatic nitrogens is 3. The first-order valence-corrected chi connectivity index (χ1v) is 10.1. The molecule has 1 unspecified atom stereocenters. The Kier molecular flexibility index (Phi) is 6.52. The molecule has 2 aromatic rings. The van der Waals surface area contributed by atoms with Crippen molar-refractivity contribution < 1.29 is 22.7 Å². The number of carbonyl (C=O) groups excluding carboxylic acids is 1. The lowest BCUT2D eigenvalue weighted by molar-refractivity contribution is -0.141. The normalized spacial score (nSPS) is 16.1. The molecular weight excluding hydrogens is 405 g/mol. The number of ether oxygens (including phenoxy) is 1. The number of benzene rings is 1. The quantitative estimate of drug-likeness (QED) is 0.517. The summed E-state index contributed by atoms with van der Waals surface area (Å²) < 4.78 is 45.9. The molecule has 0 amide bonds. The molecule has 3 rings (SSSR count). The largest absolute Gasteiger partial charge is 0.406 e. The van der Waals surface area contributed by atoms with Crippen LogP contribution >= 0.6 is 11.8 Å². The van der Waals surface area contributed by atoms with Crippen molar-refractivity contribution in [3.8, 4) is 0 Å². The minimum Gasteiger partial charge on any atom is -0.378 e. The average Bonchev–Trinajstić information content (AvgIpc) is 3.04. The van der Waals surface area contributed by atoms with Gasteiger partial charge >= 0.3 is 6.18 Å². The zero-order valence-corrected chi connectivity index (χ0v) is 17.3. The number of halogens is 3. The smallest absolute Gasteiger partial charge is 0.378 e. The number of morpholine rings is 1. The van der Waals surface area contributed by atoms with Crippen molar-refractivity contribution >= 4 is 23.5 Å². The van der Waals surface area contributed by atoms with Gasteiger partial charge in [-0.2, -0.15) is 13.2 Å². The van der Waals surface area contributed by atoms with E-state index in [0.29, 0.717) is 31.9 Å². The van der Waals surface area contributed by atoms with E-state index >= 15 is 0 Å². The number of ketones is 1. The van der Waals surface area contributed by atoms with E-state index < -0.39 is 18.0 Å². The molecule has 0 N–H and O–H groups in total. The SMILES string of the molecule is Cc1ccc(C)c(C(=O)C(C)Sc2nnc(N3CCOCC3)n2CC(F)(F)F)c1. The summed E-state index contributed by atoms with van der Waals surface area (Å²) in [5.41, 5.74) is 2.35. The van der Waals surface area contributed by atoms with Gasteiger partial charge in [-0.05, 0) is 32.4 Å². The molecule has 0 spiro atoms. The lowest BCUT2D eigenvalue weighted by Crippen LogP contribution is -2.38. The number of hydrogen-bond acceptors (Lipinski definition) is 6. The molecule has 0 bridgehead atoms. The van der Waals surface area contributed by atoms with Crippen LogP contribution in [0.3, 0.4) is 0 Å². The zero-order valence-electron chi connectivity index (χ0n) is 16.5. The van der Waals surface area contributed by atoms with E-state index in [4.69, 9.17) is 4.74 Å². The Bertz CT molecular complexity index is 879. The van der Waals surface area contributed by atoms with Crippen molar-refractivity contribution in [2.75, 3.05) is 31.2 Å². The van der Waals surface area contributed by atoms with Crippen LogP contribution in [0.15, 0.2) is 23.4 Å². The van der Waals surface area contributed by atoms with Gasteiger partial charge in [-0.3, -0.25) is 9.36 Å². The molecule has 1 saturated heterocycles. The van der Waals surface area contributed by atoms with Crippen molar-refractivity contribution in [1.29, 1.82) is 0 Å². The fraction of sp³-hybridized carbons (Fsp3) is 0.526. The lowest BCUT2D eigenvalue weighted by Gasteiger charge is -2.28. The molecule has 2 heterocycles. The second kappa shape index (κ2) is 8.74. The third-order valence-corrected chi connectivity index (χ3v) is 5.72. The molecule has 1 aromatic carbocycles. The number of alkyl halides is 3. The molecular formula is C19H23F3N4O2S. The molecule has 10 heteroatoms. The molecule has 1 fully saturated rings. The molecule has 1 aromatic heterocycles. The first kappa shape index (κ1) is 21.6. The van der Waals surface area contributed by atoms with Crippen LogP contribution in [0.25, 0.3) is 0 Å². The number of carbonyl (C=O) groups is 1. The van der Waals surface area contributed by atoms with Gasteiger partial charge in [0.15, 0.2) is 10.9 Å². The summed E-state index contributed by atoms with van der Waals surface area (Å²) in [6.45, 7) is 5.92. The van der Waals surface area contributed by atoms with Gasteiger partial charge in [-0.25, -0.2) is 0 Å². The maximum Gasteiger partial charge on any atom is 0.406 e. The van der Waals surface area contributed by atoms with Gasteiger partial charge in [0, 0.05) is 18.7 Å². The fourth-order valence-electron chi connectivity index (χ4n) is 3.12. The predicted octanol–water partition coefficient (Wildman–Crippen LogP) is 3.66. The van der Waals surface area contributed by atoms with Crippen LogP contribution in [0.2, 0.25) is 0 Å². The van der Waals surface area contributed by atoms with Crippen LogP contribution in [0.4, 0.5) is 19.1 Å². The Morgan fingerprint density at radius 2 is 1.93 bits per heavy atom. The highest BCUT2D eigenvalue weighted by Gasteiger charge is 2.33. The van der Waals surface area contributed by atoms with E-state index in [0.717, 1.165) is 27.5 Å². The van der Waals surface area contributed by atoms with E-state index in [9.17, 15) is 18.0 Å².